The molecule has 1 aliphatic rings. The van der Waals surface area contributed by atoms with Crippen LogP contribution in [0.5, 0.6) is 0 Å². The first kappa shape index (κ1) is 20.0. The summed E-state index contributed by atoms with van der Waals surface area (Å²) in [6.07, 6.45) is 3.40. The zero-order chi connectivity index (χ0) is 18.8. The number of carbonyl (C=O) groups is 1. The summed E-state index contributed by atoms with van der Waals surface area (Å²) < 4.78 is 0. The maximum atomic E-state index is 12.5. The van der Waals surface area contributed by atoms with Gasteiger partial charge in [-0.3, -0.25) is 4.79 Å². The summed E-state index contributed by atoms with van der Waals surface area (Å²) >= 11 is 0. The van der Waals surface area contributed by atoms with Gasteiger partial charge in [0.2, 0.25) is 5.91 Å². The number of carbonyl (C=O) groups excluding carboxylic acids is 1. The molecule has 0 spiro atoms. The third-order valence-electron chi connectivity index (χ3n) is 6.01. The summed E-state index contributed by atoms with van der Waals surface area (Å²) in [6, 6.07) is 9.16. The highest BCUT2D eigenvalue weighted by Crippen LogP contribution is 2.41. The number of piperidine rings is 1. The fourth-order valence-electron chi connectivity index (χ4n) is 4.06. The van der Waals surface area contributed by atoms with Crippen LogP contribution in [0.1, 0.15) is 72.4 Å². The molecule has 0 bridgehead atoms. The fraction of sp³-hybridized carbons (Fsp3) is 0.696. The van der Waals surface area contributed by atoms with E-state index in [0.29, 0.717) is 11.8 Å². The molecule has 2 nitrogen and oxygen atoms in total. The Morgan fingerprint density at radius 3 is 2.20 bits per heavy atom. The van der Waals surface area contributed by atoms with E-state index in [9.17, 15) is 4.79 Å². The number of benzene rings is 1. The van der Waals surface area contributed by atoms with E-state index in [-0.39, 0.29) is 16.7 Å². The molecule has 140 valence electrons. The Morgan fingerprint density at radius 1 is 1.12 bits per heavy atom. The normalized spacial score (nSPS) is 21.9. The summed E-state index contributed by atoms with van der Waals surface area (Å²) in [5.74, 6) is 0.972. The van der Waals surface area contributed by atoms with Crippen molar-refractivity contribution in [3.63, 3.8) is 0 Å². The molecular formula is C23H37NO. The van der Waals surface area contributed by atoms with Gasteiger partial charge in [0, 0.05) is 19.0 Å². The molecule has 0 radical (unpaired) electrons. The molecule has 1 atom stereocenters. The van der Waals surface area contributed by atoms with Crippen LogP contribution in [0.15, 0.2) is 24.3 Å². The molecule has 2 rings (SSSR count). The highest BCUT2D eigenvalue weighted by atomic mass is 16.2. The van der Waals surface area contributed by atoms with Crippen LogP contribution in [0.2, 0.25) is 0 Å². The van der Waals surface area contributed by atoms with E-state index in [1.807, 2.05) is 13.8 Å². The van der Waals surface area contributed by atoms with Crippen LogP contribution in [-0.4, -0.2) is 23.9 Å². The van der Waals surface area contributed by atoms with Crippen LogP contribution in [0.4, 0.5) is 0 Å². The molecule has 25 heavy (non-hydrogen) atoms. The van der Waals surface area contributed by atoms with E-state index in [0.717, 1.165) is 25.9 Å². The predicted molar refractivity (Wildman–Crippen MR) is 107 cm³/mol. The van der Waals surface area contributed by atoms with Gasteiger partial charge >= 0.3 is 0 Å². The largest absolute Gasteiger partial charge is 0.342 e. The van der Waals surface area contributed by atoms with Crippen molar-refractivity contribution < 1.29 is 4.79 Å². The first-order chi connectivity index (χ1) is 11.5. The third-order valence-corrected chi connectivity index (χ3v) is 6.01. The predicted octanol–water partition coefficient (Wildman–Crippen LogP) is 5.45. The monoisotopic (exact) mass is 343 g/mol. The lowest BCUT2D eigenvalue weighted by atomic mass is 9.67. The van der Waals surface area contributed by atoms with Crippen molar-refractivity contribution in [2.75, 3.05) is 13.1 Å². The van der Waals surface area contributed by atoms with Gasteiger partial charge in [-0.15, -0.1) is 0 Å². The molecule has 2 heteroatoms. The van der Waals surface area contributed by atoms with Gasteiger partial charge in [0.1, 0.15) is 0 Å². The van der Waals surface area contributed by atoms with Crippen molar-refractivity contribution in [1.29, 1.82) is 0 Å². The lowest BCUT2D eigenvalue weighted by Gasteiger charge is -2.46. The van der Waals surface area contributed by atoms with E-state index in [2.05, 4.69) is 63.8 Å². The molecule has 0 saturated carbocycles. The van der Waals surface area contributed by atoms with E-state index < -0.39 is 0 Å². The Hall–Kier alpha value is -1.31. The second-order valence-corrected chi connectivity index (χ2v) is 9.66. The highest BCUT2D eigenvalue weighted by molar-refractivity contribution is 5.78. The first-order valence-electron chi connectivity index (χ1n) is 9.93. The molecule has 1 aromatic carbocycles. The molecule has 0 aromatic heterocycles. The van der Waals surface area contributed by atoms with Gasteiger partial charge in [0.05, 0.1) is 0 Å². The Morgan fingerprint density at radius 2 is 1.72 bits per heavy atom. The smallest absolute Gasteiger partial charge is 0.225 e. The summed E-state index contributed by atoms with van der Waals surface area (Å²) in [7, 11) is 0. The second-order valence-electron chi connectivity index (χ2n) is 9.66. The summed E-state index contributed by atoms with van der Waals surface area (Å²) in [5, 5.41) is 0. The topological polar surface area (TPSA) is 20.3 Å². The van der Waals surface area contributed by atoms with Crippen molar-refractivity contribution >= 4 is 5.91 Å². The van der Waals surface area contributed by atoms with Gasteiger partial charge in [-0.2, -0.15) is 0 Å². The molecule has 1 saturated heterocycles. The molecule has 0 aliphatic carbocycles. The molecule has 1 fully saturated rings. The number of rotatable bonds is 4. The zero-order valence-corrected chi connectivity index (χ0v) is 17.4. The van der Waals surface area contributed by atoms with Gasteiger partial charge in [0.15, 0.2) is 0 Å². The molecule has 1 heterocycles. The molecule has 1 aromatic rings. The molecule has 1 aliphatic heterocycles. The minimum Gasteiger partial charge on any atom is -0.342 e. The van der Waals surface area contributed by atoms with Crippen molar-refractivity contribution in [2.45, 2.75) is 73.1 Å². The average Bonchev–Trinajstić information content (AvgIpc) is 2.53. The number of hydrogen-bond acceptors (Lipinski definition) is 1. The number of likely N-dealkylation sites (tertiary alicyclic amines) is 1. The van der Waals surface area contributed by atoms with Crippen LogP contribution in [-0.2, 0) is 16.6 Å². The zero-order valence-electron chi connectivity index (χ0n) is 17.4. The van der Waals surface area contributed by atoms with E-state index in [1.165, 1.54) is 17.5 Å². The van der Waals surface area contributed by atoms with Crippen LogP contribution >= 0.6 is 0 Å². The summed E-state index contributed by atoms with van der Waals surface area (Å²) in [5.41, 5.74) is 3.18. The SMILES string of the molecule is CC(C)C(=O)N1CCC[C@](Cc2ccc(C(C)(C)C)cc2)(C(C)C)C1. The molecule has 1 amide bonds. The standard InChI is InChI=1S/C23H37NO/c1-17(2)21(25)24-14-8-13-23(16-24,18(3)4)15-19-9-11-20(12-10-19)22(5,6)7/h9-12,17-18H,8,13-16H2,1-7H3/t23-/m1/s1. The summed E-state index contributed by atoms with van der Waals surface area (Å²) in [4.78, 5) is 14.7. The van der Waals surface area contributed by atoms with Crippen molar-refractivity contribution in [1.82, 2.24) is 4.90 Å². The number of amides is 1. The van der Waals surface area contributed by atoms with Gasteiger partial charge in [-0.25, -0.2) is 0 Å². The number of hydrogen-bond donors (Lipinski definition) is 0. The third kappa shape index (κ3) is 4.65. The Kier molecular flexibility index (Phi) is 6.01. The first-order valence-corrected chi connectivity index (χ1v) is 9.93. The minimum absolute atomic E-state index is 0.0917. The molecular weight excluding hydrogens is 306 g/mol. The van der Waals surface area contributed by atoms with Crippen LogP contribution in [0.25, 0.3) is 0 Å². The van der Waals surface area contributed by atoms with Gasteiger partial charge in [-0.05, 0) is 47.1 Å². The lowest BCUT2D eigenvalue weighted by Crippen LogP contribution is -2.50. The quantitative estimate of drug-likeness (QED) is 0.712. The maximum absolute atomic E-state index is 12.5. The number of nitrogens with zero attached hydrogens (tertiary/aromatic N) is 1. The second kappa shape index (κ2) is 7.51. The van der Waals surface area contributed by atoms with Crippen LogP contribution in [0.3, 0.4) is 0 Å². The summed E-state index contributed by atoms with van der Waals surface area (Å²) in [6.45, 7) is 17.3. The van der Waals surface area contributed by atoms with Crippen LogP contribution < -0.4 is 0 Å². The Balaban J connectivity index is 2.21. The van der Waals surface area contributed by atoms with E-state index in [1.54, 1.807) is 0 Å². The van der Waals surface area contributed by atoms with E-state index >= 15 is 0 Å². The van der Waals surface area contributed by atoms with Crippen LogP contribution in [0, 0.1) is 17.3 Å². The minimum atomic E-state index is 0.0917. The Bertz CT molecular complexity index is 579. The van der Waals surface area contributed by atoms with Crippen molar-refractivity contribution in [3.05, 3.63) is 35.4 Å². The van der Waals surface area contributed by atoms with Gasteiger partial charge < -0.3 is 4.90 Å². The average molecular weight is 344 g/mol. The Labute approximate surface area is 155 Å². The van der Waals surface area contributed by atoms with Gasteiger partial charge in [0.25, 0.3) is 0 Å². The van der Waals surface area contributed by atoms with E-state index in [4.69, 9.17) is 0 Å². The van der Waals surface area contributed by atoms with Crippen molar-refractivity contribution in [3.8, 4) is 0 Å². The lowest BCUT2D eigenvalue weighted by molar-refractivity contribution is -0.139. The molecule has 0 unspecified atom stereocenters. The highest BCUT2D eigenvalue weighted by Gasteiger charge is 2.40. The fourth-order valence-corrected chi connectivity index (χ4v) is 4.06. The van der Waals surface area contributed by atoms with Gasteiger partial charge in [-0.1, -0.05) is 72.7 Å². The molecule has 0 N–H and O–H groups in total. The van der Waals surface area contributed by atoms with Crippen molar-refractivity contribution in [2.24, 2.45) is 17.3 Å². The maximum Gasteiger partial charge on any atom is 0.225 e.